The van der Waals surface area contributed by atoms with Gasteiger partial charge in [-0.3, -0.25) is 10.1 Å². The summed E-state index contributed by atoms with van der Waals surface area (Å²) in [5, 5.41) is 10.0. The summed E-state index contributed by atoms with van der Waals surface area (Å²) in [5.41, 5.74) is -0.163. The van der Waals surface area contributed by atoms with E-state index in [2.05, 4.69) is 12.9 Å². The number of rotatable bonds is 9. The molecule has 0 aromatic rings. The molecule has 0 amide bonds. The first-order valence-electron chi connectivity index (χ1n) is 5.42. The Balaban J connectivity index is 3.22. The fourth-order valence-corrected chi connectivity index (χ4v) is 1.46. The molecule has 0 radical (unpaired) electrons. The smallest absolute Gasteiger partial charge is 0.203 e. The third-order valence-corrected chi connectivity index (χ3v) is 2.86. The van der Waals surface area contributed by atoms with Gasteiger partial charge in [-0.15, -0.1) is 0 Å². The molecular weight excluding hydrogens is 214 g/mol. The van der Waals surface area contributed by atoms with Gasteiger partial charge in [0.1, 0.15) is 0 Å². The zero-order chi connectivity index (χ0) is 11.7. The minimum atomic E-state index is -0.252. The summed E-state index contributed by atoms with van der Waals surface area (Å²) in [6, 6.07) is 0. The Morgan fingerprint density at radius 1 is 1.20 bits per heavy atom. The van der Waals surface area contributed by atoms with Crippen LogP contribution in [0.1, 0.15) is 52.4 Å². The van der Waals surface area contributed by atoms with E-state index in [-0.39, 0.29) is 17.1 Å². The molecule has 0 atom stereocenters. The van der Waals surface area contributed by atoms with Gasteiger partial charge in [0.15, 0.2) is 0 Å². The molecule has 4 nitrogen and oxygen atoms in total. The van der Waals surface area contributed by atoms with Crippen molar-refractivity contribution in [2.24, 2.45) is 0 Å². The van der Waals surface area contributed by atoms with Crippen molar-refractivity contribution in [3.8, 4) is 0 Å². The van der Waals surface area contributed by atoms with Crippen molar-refractivity contribution in [2.75, 3.05) is 6.54 Å². The zero-order valence-corrected chi connectivity index (χ0v) is 10.5. The van der Waals surface area contributed by atoms with Crippen LogP contribution in [-0.4, -0.2) is 17.1 Å². The number of hydrogen-bond acceptors (Lipinski definition) is 4. The summed E-state index contributed by atoms with van der Waals surface area (Å²) in [6.07, 6.45) is 5.88. The number of nitrogens with zero attached hydrogens (tertiary/aromatic N) is 1. The fourth-order valence-electron chi connectivity index (χ4n) is 1.37. The van der Waals surface area contributed by atoms with Crippen molar-refractivity contribution in [1.29, 1.82) is 0 Å². The molecule has 0 unspecified atom stereocenters. The molecule has 0 aromatic heterocycles. The van der Waals surface area contributed by atoms with Crippen LogP contribution in [0, 0.1) is 10.1 Å². The lowest BCUT2D eigenvalue weighted by Gasteiger charge is -2.20. The van der Waals surface area contributed by atoms with E-state index in [9.17, 15) is 10.1 Å². The second kappa shape index (κ2) is 7.93. The predicted octanol–water partition coefficient (Wildman–Crippen LogP) is 3.24. The molecule has 0 aliphatic rings. The van der Waals surface area contributed by atoms with Gasteiger partial charge in [-0.25, -0.2) is 0 Å². The minimum absolute atomic E-state index is 0.102. The average molecular weight is 235 g/mol. The van der Waals surface area contributed by atoms with Gasteiger partial charge >= 0.3 is 0 Å². The highest BCUT2D eigenvalue weighted by atomic mass is 32.1. The van der Waals surface area contributed by atoms with E-state index < -0.39 is 0 Å². The van der Waals surface area contributed by atoms with Crippen LogP contribution in [0.15, 0.2) is 0 Å². The molecule has 0 fully saturated rings. The highest BCUT2D eigenvalue weighted by Crippen LogP contribution is 2.20. The van der Waals surface area contributed by atoms with Gasteiger partial charge in [0.2, 0.25) is 6.54 Å². The van der Waals surface area contributed by atoms with Crippen LogP contribution in [0.2, 0.25) is 0 Å². The van der Waals surface area contributed by atoms with Crippen LogP contribution >= 0.6 is 12.9 Å². The van der Waals surface area contributed by atoms with Crippen LogP contribution in [0.25, 0.3) is 0 Å². The third kappa shape index (κ3) is 10.0. The molecule has 0 aliphatic carbocycles. The molecule has 0 saturated heterocycles. The quantitative estimate of drug-likeness (QED) is 0.219. The monoisotopic (exact) mass is 235 g/mol. The molecule has 0 heterocycles. The molecule has 0 aromatic carbocycles. The maximum Gasteiger partial charge on any atom is 0.203 e. The molecule has 0 N–H and O–H groups in total. The molecule has 0 bridgehead atoms. The van der Waals surface area contributed by atoms with Gasteiger partial charge < -0.3 is 4.18 Å². The van der Waals surface area contributed by atoms with Gasteiger partial charge in [0, 0.05) is 11.3 Å². The predicted molar refractivity (Wildman–Crippen MR) is 63.7 cm³/mol. The topological polar surface area (TPSA) is 52.4 Å². The fraction of sp³-hybridized carbons (Fsp3) is 1.00. The van der Waals surface area contributed by atoms with Crippen LogP contribution in [0.4, 0.5) is 0 Å². The van der Waals surface area contributed by atoms with E-state index in [0.717, 1.165) is 32.1 Å². The van der Waals surface area contributed by atoms with Crippen LogP contribution in [0.5, 0.6) is 0 Å². The molecule has 0 saturated carbocycles. The molecular formula is C10H21NO3S. The van der Waals surface area contributed by atoms with Crippen molar-refractivity contribution in [3.63, 3.8) is 0 Å². The first kappa shape index (κ1) is 14.7. The van der Waals surface area contributed by atoms with Gasteiger partial charge in [-0.1, -0.05) is 19.3 Å². The highest BCUT2D eigenvalue weighted by Gasteiger charge is 2.15. The molecule has 5 heteroatoms. The van der Waals surface area contributed by atoms with Crippen molar-refractivity contribution in [3.05, 3.63) is 10.1 Å². The third-order valence-electron chi connectivity index (χ3n) is 2.37. The average Bonchev–Trinajstić information content (AvgIpc) is 2.16. The van der Waals surface area contributed by atoms with Crippen molar-refractivity contribution in [2.45, 2.75) is 58.0 Å². The number of thiol groups is 1. The van der Waals surface area contributed by atoms with E-state index >= 15 is 0 Å². The van der Waals surface area contributed by atoms with Crippen molar-refractivity contribution < 1.29 is 9.11 Å². The van der Waals surface area contributed by atoms with E-state index in [1.54, 1.807) is 0 Å². The lowest BCUT2D eigenvalue weighted by atomic mass is 10.00. The van der Waals surface area contributed by atoms with Crippen LogP contribution < -0.4 is 0 Å². The molecule has 0 aliphatic heterocycles. The van der Waals surface area contributed by atoms with E-state index in [1.807, 2.05) is 13.8 Å². The second-order valence-electron chi connectivity index (χ2n) is 4.43. The van der Waals surface area contributed by atoms with Crippen molar-refractivity contribution >= 4 is 12.9 Å². The molecule has 15 heavy (non-hydrogen) atoms. The summed E-state index contributed by atoms with van der Waals surface area (Å²) in [5.74, 6) is 0. The maximum absolute atomic E-state index is 10.0. The Morgan fingerprint density at radius 3 is 2.27 bits per heavy atom. The van der Waals surface area contributed by atoms with Crippen molar-refractivity contribution in [1.82, 2.24) is 0 Å². The lowest BCUT2D eigenvalue weighted by Crippen LogP contribution is -2.19. The van der Waals surface area contributed by atoms with Gasteiger partial charge in [0.05, 0.1) is 5.60 Å². The summed E-state index contributed by atoms with van der Waals surface area (Å²) in [4.78, 5) is 9.79. The Labute approximate surface area is 97.2 Å². The van der Waals surface area contributed by atoms with E-state index in [4.69, 9.17) is 4.18 Å². The van der Waals surface area contributed by atoms with E-state index in [0.29, 0.717) is 6.42 Å². The Morgan fingerprint density at radius 2 is 1.73 bits per heavy atom. The normalized spacial score (nSPS) is 11.7. The molecule has 0 rings (SSSR count). The largest absolute Gasteiger partial charge is 0.313 e. The maximum atomic E-state index is 10.0. The first-order chi connectivity index (χ1) is 6.98. The summed E-state index contributed by atoms with van der Waals surface area (Å²) < 4.78 is 5.00. The standard InChI is InChI=1S/C10H21NO3S/c1-10(2,14-15)8-6-4-3-5-7-9-11(12)13/h15H,3-9H2,1-2H3. The highest BCUT2D eigenvalue weighted by molar-refractivity contribution is 7.75. The summed E-state index contributed by atoms with van der Waals surface area (Å²) in [7, 11) is 0. The number of nitro groups is 1. The molecule has 0 spiro atoms. The number of unbranched alkanes of at least 4 members (excludes halogenated alkanes) is 4. The van der Waals surface area contributed by atoms with E-state index in [1.165, 1.54) is 0 Å². The second-order valence-corrected chi connectivity index (χ2v) is 4.61. The number of hydrogen-bond donors (Lipinski definition) is 1. The zero-order valence-electron chi connectivity index (χ0n) is 9.57. The first-order valence-corrected chi connectivity index (χ1v) is 5.79. The molecule has 90 valence electrons. The van der Waals surface area contributed by atoms with Gasteiger partial charge in [-0.2, -0.15) is 0 Å². The van der Waals surface area contributed by atoms with Crippen LogP contribution in [0.3, 0.4) is 0 Å². The Hall–Kier alpha value is -0.290. The SMILES string of the molecule is CC(C)(CCCCCCC[N+](=O)[O-])OS. The lowest BCUT2D eigenvalue weighted by molar-refractivity contribution is -0.480. The summed E-state index contributed by atoms with van der Waals surface area (Å²) >= 11 is 3.81. The van der Waals surface area contributed by atoms with Crippen LogP contribution in [-0.2, 0) is 4.18 Å². The van der Waals surface area contributed by atoms with Gasteiger partial charge in [-0.05, 0) is 39.6 Å². The Kier molecular flexibility index (Phi) is 7.78. The minimum Gasteiger partial charge on any atom is -0.313 e. The summed E-state index contributed by atoms with van der Waals surface area (Å²) in [6.45, 7) is 4.12. The Bertz CT molecular complexity index is 186. The van der Waals surface area contributed by atoms with Gasteiger partial charge in [0.25, 0.3) is 0 Å².